The van der Waals surface area contributed by atoms with Crippen molar-refractivity contribution in [2.75, 3.05) is 25.5 Å². The van der Waals surface area contributed by atoms with Crippen molar-refractivity contribution in [3.8, 4) is 0 Å². The second-order valence-electron chi connectivity index (χ2n) is 7.14. The molecule has 1 fully saturated rings. The minimum Gasteiger partial charge on any atom is -0.333 e. The van der Waals surface area contributed by atoms with Crippen LogP contribution in [0, 0.1) is 13.8 Å². The zero-order valence-electron chi connectivity index (χ0n) is 16.3. The van der Waals surface area contributed by atoms with Crippen molar-refractivity contribution in [1.82, 2.24) is 19.2 Å². The third-order valence-electron chi connectivity index (χ3n) is 4.91. The fraction of sp³-hybridized carbons (Fsp3) is 0.300. The van der Waals surface area contributed by atoms with Gasteiger partial charge in [-0.25, -0.2) is 13.4 Å². The summed E-state index contributed by atoms with van der Waals surface area (Å²) in [5.41, 5.74) is 3.94. The van der Waals surface area contributed by atoms with Gasteiger partial charge >= 0.3 is 0 Å². The third-order valence-corrected chi connectivity index (χ3v) is 7.61. The van der Waals surface area contributed by atoms with Crippen molar-refractivity contribution in [3.05, 3.63) is 53.6 Å². The van der Waals surface area contributed by atoms with Crippen LogP contribution in [0.3, 0.4) is 0 Å². The normalized spacial score (nSPS) is 15.3. The lowest BCUT2D eigenvalue weighted by Crippen LogP contribution is -2.34. The molecule has 29 heavy (non-hydrogen) atoms. The molecule has 1 N–H and O–H groups in total. The number of imidazole rings is 1. The summed E-state index contributed by atoms with van der Waals surface area (Å²) in [5, 5.41) is 0.683. The predicted molar refractivity (Wildman–Crippen MR) is 113 cm³/mol. The first-order valence-corrected chi connectivity index (χ1v) is 11.7. The second kappa shape index (κ2) is 7.81. The van der Waals surface area contributed by atoms with Gasteiger partial charge in [0.25, 0.3) is 0 Å². The number of benzene rings is 2. The maximum atomic E-state index is 12.8. The van der Waals surface area contributed by atoms with Crippen molar-refractivity contribution in [2.45, 2.75) is 23.9 Å². The summed E-state index contributed by atoms with van der Waals surface area (Å²) in [5.74, 6) is 0.102. The lowest BCUT2D eigenvalue weighted by molar-refractivity contribution is -0.127. The SMILES string of the molecule is Cc1ccc(S(=O)(=O)N2CCN(C(=O)CSc3nc4ccc(C)cc4[nH]3)C2)cc1. The molecule has 152 valence electrons. The van der Waals surface area contributed by atoms with Gasteiger partial charge < -0.3 is 9.88 Å². The Labute approximate surface area is 174 Å². The van der Waals surface area contributed by atoms with Crippen molar-refractivity contribution < 1.29 is 13.2 Å². The Morgan fingerprint density at radius 3 is 2.59 bits per heavy atom. The van der Waals surface area contributed by atoms with E-state index < -0.39 is 10.0 Å². The molecule has 0 saturated carbocycles. The number of nitrogens with one attached hydrogen (secondary N) is 1. The average molecular weight is 431 g/mol. The van der Waals surface area contributed by atoms with Crippen molar-refractivity contribution in [2.24, 2.45) is 0 Å². The Morgan fingerprint density at radius 2 is 1.83 bits per heavy atom. The second-order valence-corrected chi connectivity index (χ2v) is 10.0. The Bertz CT molecular complexity index is 1160. The molecule has 4 rings (SSSR count). The quantitative estimate of drug-likeness (QED) is 0.629. The highest BCUT2D eigenvalue weighted by molar-refractivity contribution is 7.99. The number of rotatable bonds is 5. The van der Waals surface area contributed by atoms with Crippen LogP contribution in [0.2, 0.25) is 0 Å². The molecule has 2 aromatic carbocycles. The summed E-state index contributed by atoms with van der Waals surface area (Å²) < 4.78 is 26.9. The Hall–Kier alpha value is -2.36. The van der Waals surface area contributed by atoms with Gasteiger partial charge in [0.05, 0.1) is 28.4 Å². The molecule has 2 heterocycles. The monoisotopic (exact) mass is 430 g/mol. The lowest BCUT2D eigenvalue weighted by atomic mass is 10.2. The van der Waals surface area contributed by atoms with Gasteiger partial charge in [-0.3, -0.25) is 4.79 Å². The van der Waals surface area contributed by atoms with E-state index in [2.05, 4.69) is 9.97 Å². The van der Waals surface area contributed by atoms with Crippen LogP contribution in [0.25, 0.3) is 11.0 Å². The van der Waals surface area contributed by atoms with Crippen molar-refractivity contribution in [3.63, 3.8) is 0 Å². The zero-order chi connectivity index (χ0) is 20.6. The molecule has 0 atom stereocenters. The van der Waals surface area contributed by atoms with Crippen molar-refractivity contribution in [1.29, 1.82) is 0 Å². The summed E-state index contributed by atoms with van der Waals surface area (Å²) in [4.78, 5) is 22.1. The number of aromatic amines is 1. The third kappa shape index (κ3) is 4.17. The highest BCUT2D eigenvalue weighted by Crippen LogP contribution is 2.23. The summed E-state index contributed by atoms with van der Waals surface area (Å²) in [6.07, 6.45) is 0. The van der Waals surface area contributed by atoms with Crippen LogP contribution in [-0.4, -0.2) is 59.0 Å². The fourth-order valence-corrected chi connectivity index (χ4v) is 5.39. The molecule has 7 nitrogen and oxygen atoms in total. The van der Waals surface area contributed by atoms with Gasteiger partial charge in [0.1, 0.15) is 0 Å². The van der Waals surface area contributed by atoms with Crippen LogP contribution >= 0.6 is 11.8 Å². The molecule has 1 saturated heterocycles. The van der Waals surface area contributed by atoms with Crippen LogP contribution < -0.4 is 0 Å². The molecule has 0 bridgehead atoms. The predicted octanol–water partition coefficient (Wildman–Crippen LogP) is 2.76. The van der Waals surface area contributed by atoms with Crippen LogP contribution in [-0.2, 0) is 14.8 Å². The highest BCUT2D eigenvalue weighted by Gasteiger charge is 2.33. The number of nitrogens with zero attached hydrogens (tertiary/aromatic N) is 3. The number of amides is 1. The Balaban J connectivity index is 1.38. The van der Waals surface area contributed by atoms with Gasteiger partial charge in [-0.1, -0.05) is 35.5 Å². The number of thioether (sulfide) groups is 1. The van der Waals surface area contributed by atoms with Gasteiger partial charge in [-0.15, -0.1) is 0 Å². The molecule has 0 spiro atoms. The lowest BCUT2D eigenvalue weighted by Gasteiger charge is -2.18. The van der Waals surface area contributed by atoms with Crippen LogP contribution in [0.5, 0.6) is 0 Å². The van der Waals surface area contributed by atoms with E-state index in [1.165, 1.54) is 16.1 Å². The molecule has 0 aliphatic carbocycles. The smallest absolute Gasteiger partial charge is 0.244 e. The van der Waals surface area contributed by atoms with E-state index in [4.69, 9.17) is 0 Å². The number of hydrogen-bond donors (Lipinski definition) is 1. The first kappa shape index (κ1) is 19.9. The molecule has 0 radical (unpaired) electrons. The van der Waals surface area contributed by atoms with E-state index in [9.17, 15) is 13.2 Å². The number of hydrogen-bond acceptors (Lipinski definition) is 5. The van der Waals surface area contributed by atoms with E-state index >= 15 is 0 Å². The molecule has 1 aliphatic heterocycles. The van der Waals surface area contributed by atoms with Gasteiger partial charge in [-0.2, -0.15) is 4.31 Å². The molecular weight excluding hydrogens is 408 g/mol. The molecule has 0 unspecified atom stereocenters. The highest BCUT2D eigenvalue weighted by atomic mass is 32.2. The maximum Gasteiger partial charge on any atom is 0.244 e. The first-order valence-electron chi connectivity index (χ1n) is 9.27. The minimum absolute atomic E-state index is 0.0783. The van der Waals surface area contributed by atoms with Gasteiger partial charge in [0.2, 0.25) is 15.9 Å². The molecule has 1 aromatic heterocycles. The topological polar surface area (TPSA) is 86.4 Å². The number of carbonyl (C=O) groups excluding carboxylic acids is 1. The minimum atomic E-state index is -3.60. The summed E-state index contributed by atoms with van der Waals surface area (Å²) in [6.45, 7) is 4.70. The van der Waals surface area contributed by atoms with Crippen LogP contribution in [0.1, 0.15) is 11.1 Å². The number of aryl methyl sites for hydroxylation is 2. The van der Waals surface area contributed by atoms with Crippen molar-refractivity contribution >= 4 is 38.7 Å². The number of H-pyrrole nitrogens is 1. The maximum absolute atomic E-state index is 12.8. The molecule has 9 heteroatoms. The number of carbonyl (C=O) groups is 1. The van der Waals surface area contributed by atoms with Gasteiger partial charge in [-0.05, 0) is 43.7 Å². The standard InChI is InChI=1S/C20H22N4O3S2/c1-14-3-6-16(7-4-14)29(26,27)24-10-9-23(13-24)19(25)12-28-20-21-17-8-5-15(2)11-18(17)22-20/h3-8,11H,9-10,12-13H2,1-2H3,(H,21,22). The summed E-state index contributed by atoms with van der Waals surface area (Å²) >= 11 is 1.33. The van der Waals surface area contributed by atoms with E-state index in [0.717, 1.165) is 22.2 Å². The fourth-order valence-electron chi connectivity index (χ4n) is 3.21. The molecule has 1 amide bonds. The largest absolute Gasteiger partial charge is 0.333 e. The van der Waals surface area contributed by atoms with E-state index in [1.807, 2.05) is 32.0 Å². The van der Waals surface area contributed by atoms with E-state index in [0.29, 0.717) is 18.2 Å². The molecular formula is C20H22N4O3S2. The van der Waals surface area contributed by atoms with Gasteiger partial charge in [0.15, 0.2) is 5.16 Å². The average Bonchev–Trinajstić information content (AvgIpc) is 3.33. The first-order chi connectivity index (χ1) is 13.8. The van der Waals surface area contributed by atoms with Crippen LogP contribution in [0.4, 0.5) is 0 Å². The Kier molecular flexibility index (Phi) is 5.37. The number of fused-ring (bicyclic) bond motifs is 1. The molecule has 3 aromatic rings. The number of sulfonamides is 1. The summed E-state index contributed by atoms with van der Waals surface area (Å²) in [7, 11) is -3.60. The summed E-state index contributed by atoms with van der Waals surface area (Å²) in [6, 6.07) is 12.7. The number of aromatic nitrogens is 2. The zero-order valence-corrected chi connectivity index (χ0v) is 17.9. The van der Waals surface area contributed by atoms with E-state index in [1.54, 1.807) is 29.2 Å². The van der Waals surface area contributed by atoms with Gasteiger partial charge in [0, 0.05) is 13.1 Å². The van der Waals surface area contributed by atoms with Crippen LogP contribution in [0.15, 0.2) is 52.5 Å². The molecule has 1 aliphatic rings. The Morgan fingerprint density at radius 1 is 1.10 bits per heavy atom. The van der Waals surface area contributed by atoms with E-state index in [-0.39, 0.29) is 23.2 Å².